The van der Waals surface area contributed by atoms with Gasteiger partial charge >= 0.3 is 0 Å². The van der Waals surface area contributed by atoms with E-state index in [1.165, 1.54) is 4.88 Å². The average molecular weight is 274 g/mol. The lowest BCUT2D eigenvalue weighted by atomic mass is 10.1. The number of nitrogen functional groups attached to an aromatic ring is 1. The van der Waals surface area contributed by atoms with E-state index < -0.39 is 0 Å². The SMILES string of the molecule is Cc1cnc(CNc2cc3c(cc2N)CC(=O)N3)s1. The van der Waals surface area contributed by atoms with Gasteiger partial charge in [0.1, 0.15) is 5.01 Å². The molecule has 1 aromatic carbocycles. The molecule has 0 bridgehead atoms. The highest BCUT2D eigenvalue weighted by atomic mass is 32.1. The third-order valence-electron chi connectivity index (χ3n) is 3.00. The van der Waals surface area contributed by atoms with Crippen molar-refractivity contribution in [3.8, 4) is 0 Å². The predicted octanol–water partition coefficient (Wildman–Crippen LogP) is 2.14. The fraction of sp³-hybridized carbons (Fsp3) is 0.231. The van der Waals surface area contributed by atoms with E-state index in [0.29, 0.717) is 18.7 Å². The second kappa shape index (κ2) is 4.55. The maximum absolute atomic E-state index is 11.3. The summed E-state index contributed by atoms with van der Waals surface area (Å²) < 4.78 is 0. The van der Waals surface area contributed by atoms with Gasteiger partial charge in [0.25, 0.3) is 0 Å². The molecule has 1 amide bonds. The Bertz CT molecular complexity index is 650. The van der Waals surface area contributed by atoms with Gasteiger partial charge in [0.15, 0.2) is 0 Å². The Kier molecular flexibility index (Phi) is 2.87. The van der Waals surface area contributed by atoms with Crippen LogP contribution in [0.3, 0.4) is 0 Å². The van der Waals surface area contributed by atoms with E-state index in [1.54, 1.807) is 11.3 Å². The van der Waals surface area contributed by atoms with Crippen molar-refractivity contribution in [3.63, 3.8) is 0 Å². The molecule has 0 unspecified atom stereocenters. The number of anilines is 3. The molecule has 19 heavy (non-hydrogen) atoms. The molecule has 0 fully saturated rings. The molecule has 5 nitrogen and oxygen atoms in total. The number of carbonyl (C=O) groups is 1. The van der Waals surface area contributed by atoms with Crippen molar-refractivity contribution in [2.75, 3.05) is 16.4 Å². The fourth-order valence-electron chi connectivity index (χ4n) is 2.10. The normalized spacial score (nSPS) is 13.2. The van der Waals surface area contributed by atoms with Crippen molar-refractivity contribution in [1.82, 2.24) is 4.98 Å². The summed E-state index contributed by atoms with van der Waals surface area (Å²) in [6.45, 7) is 2.66. The third-order valence-corrected chi connectivity index (χ3v) is 3.91. The smallest absolute Gasteiger partial charge is 0.228 e. The van der Waals surface area contributed by atoms with E-state index in [9.17, 15) is 4.79 Å². The highest BCUT2D eigenvalue weighted by molar-refractivity contribution is 7.11. The molecule has 1 aliphatic rings. The zero-order valence-electron chi connectivity index (χ0n) is 10.5. The molecule has 1 aromatic heterocycles. The number of carbonyl (C=O) groups excluding carboxylic acids is 1. The van der Waals surface area contributed by atoms with Crippen LogP contribution in [0.5, 0.6) is 0 Å². The summed E-state index contributed by atoms with van der Waals surface area (Å²) in [5, 5.41) is 7.09. The number of rotatable bonds is 3. The second-order valence-corrected chi connectivity index (χ2v) is 5.86. The Morgan fingerprint density at radius 2 is 2.37 bits per heavy atom. The van der Waals surface area contributed by atoms with E-state index >= 15 is 0 Å². The molecule has 0 atom stereocenters. The lowest BCUT2D eigenvalue weighted by Gasteiger charge is -2.10. The first-order chi connectivity index (χ1) is 9.11. The van der Waals surface area contributed by atoms with Crippen LogP contribution in [-0.2, 0) is 17.8 Å². The Labute approximate surface area is 114 Å². The molecule has 0 spiro atoms. The van der Waals surface area contributed by atoms with Crippen LogP contribution >= 0.6 is 11.3 Å². The fourth-order valence-corrected chi connectivity index (χ4v) is 2.83. The minimum absolute atomic E-state index is 0.0158. The van der Waals surface area contributed by atoms with Gasteiger partial charge in [0.05, 0.1) is 24.3 Å². The van der Waals surface area contributed by atoms with Gasteiger partial charge in [-0.3, -0.25) is 4.79 Å². The summed E-state index contributed by atoms with van der Waals surface area (Å²) >= 11 is 1.65. The number of nitrogens with one attached hydrogen (secondary N) is 2. The first-order valence-electron chi connectivity index (χ1n) is 5.99. The van der Waals surface area contributed by atoms with Gasteiger partial charge in [0, 0.05) is 16.8 Å². The van der Waals surface area contributed by atoms with Crippen LogP contribution in [0.4, 0.5) is 17.1 Å². The standard InChI is InChI=1S/C13H14N4OS/c1-7-5-16-13(19-7)6-15-11-4-10-8(2-9(11)14)3-12(18)17-10/h2,4-5,15H,3,6,14H2,1H3,(H,17,18). The molecule has 4 N–H and O–H groups in total. The average Bonchev–Trinajstić information content (AvgIpc) is 2.91. The van der Waals surface area contributed by atoms with Crippen LogP contribution < -0.4 is 16.4 Å². The molecule has 98 valence electrons. The number of amides is 1. The molecule has 0 radical (unpaired) electrons. The number of nitrogens with zero attached hydrogens (tertiary/aromatic N) is 1. The molecule has 1 aliphatic heterocycles. The van der Waals surface area contributed by atoms with Crippen molar-refractivity contribution in [3.05, 3.63) is 33.8 Å². The highest BCUT2D eigenvalue weighted by Gasteiger charge is 2.19. The number of aryl methyl sites for hydroxylation is 1. The first kappa shape index (κ1) is 12.0. The zero-order valence-corrected chi connectivity index (χ0v) is 11.3. The Hall–Kier alpha value is -2.08. The number of nitrogens with two attached hydrogens (primary N) is 1. The summed E-state index contributed by atoms with van der Waals surface area (Å²) in [7, 11) is 0. The molecular weight excluding hydrogens is 260 g/mol. The Morgan fingerprint density at radius 3 is 3.11 bits per heavy atom. The molecule has 6 heteroatoms. The van der Waals surface area contributed by atoms with Crippen LogP contribution in [0.1, 0.15) is 15.4 Å². The maximum atomic E-state index is 11.3. The summed E-state index contributed by atoms with van der Waals surface area (Å²) in [5.74, 6) is 0.0158. The van der Waals surface area contributed by atoms with E-state index in [1.807, 2.05) is 25.3 Å². The van der Waals surface area contributed by atoms with Gasteiger partial charge in [-0.1, -0.05) is 0 Å². The van der Waals surface area contributed by atoms with Crippen molar-refractivity contribution in [1.29, 1.82) is 0 Å². The predicted molar refractivity (Wildman–Crippen MR) is 77.4 cm³/mol. The van der Waals surface area contributed by atoms with Crippen LogP contribution in [0.2, 0.25) is 0 Å². The second-order valence-electron chi connectivity index (χ2n) is 4.54. The lowest BCUT2D eigenvalue weighted by Crippen LogP contribution is -2.04. The summed E-state index contributed by atoms with van der Waals surface area (Å²) in [6.07, 6.45) is 2.26. The van der Waals surface area contributed by atoms with Gasteiger partial charge < -0.3 is 16.4 Å². The van der Waals surface area contributed by atoms with E-state index in [-0.39, 0.29) is 5.91 Å². The molecule has 0 aliphatic carbocycles. The number of benzene rings is 1. The summed E-state index contributed by atoms with van der Waals surface area (Å²) in [4.78, 5) is 16.8. The van der Waals surface area contributed by atoms with Gasteiger partial charge in [0.2, 0.25) is 5.91 Å². The summed E-state index contributed by atoms with van der Waals surface area (Å²) in [6, 6.07) is 3.73. The quantitative estimate of drug-likeness (QED) is 0.749. The number of fused-ring (bicyclic) bond motifs is 1. The van der Waals surface area contributed by atoms with Gasteiger partial charge in [-0.2, -0.15) is 0 Å². The lowest BCUT2D eigenvalue weighted by molar-refractivity contribution is -0.115. The number of hydrogen-bond acceptors (Lipinski definition) is 5. The molecular formula is C13H14N4OS. The zero-order chi connectivity index (χ0) is 13.4. The molecule has 0 saturated heterocycles. The van der Waals surface area contributed by atoms with Gasteiger partial charge in [-0.25, -0.2) is 4.98 Å². The van der Waals surface area contributed by atoms with E-state index in [0.717, 1.165) is 21.9 Å². The number of hydrogen-bond donors (Lipinski definition) is 3. The van der Waals surface area contributed by atoms with E-state index in [4.69, 9.17) is 5.73 Å². The highest BCUT2D eigenvalue weighted by Crippen LogP contribution is 2.31. The van der Waals surface area contributed by atoms with Crippen LogP contribution in [-0.4, -0.2) is 10.9 Å². The number of aromatic nitrogens is 1. The third kappa shape index (κ3) is 2.39. The number of thiazole rings is 1. The van der Waals surface area contributed by atoms with Crippen LogP contribution in [0.15, 0.2) is 18.3 Å². The Morgan fingerprint density at radius 1 is 1.53 bits per heavy atom. The van der Waals surface area contributed by atoms with Crippen molar-refractivity contribution < 1.29 is 4.79 Å². The van der Waals surface area contributed by atoms with Gasteiger partial charge in [-0.15, -0.1) is 11.3 Å². The first-order valence-corrected chi connectivity index (χ1v) is 6.81. The van der Waals surface area contributed by atoms with Crippen LogP contribution in [0, 0.1) is 6.92 Å². The molecule has 2 aromatic rings. The summed E-state index contributed by atoms with van der Waals surface area (Å²) in [5.41, 5.74) is 9.27. The molecule has 0 saturated carbocycles. The van der Waals surface area contributed by atoms with E-state index in [2.05, 4.69) is 15.6 Å². The van der Waals surface area contributed by atoms with Crippen molar-refractivity contribution in [2.24, 2.45) is 0 Å². The minimum atomic E-state index is 0.0158. The van der Waals surface area contributed by atoms with Gasteiger partial charge in [-0.05, 0) is 24.6 Å². The van der Waals surface area contributed by atoms with Crippen molar-refractivity contribution >= 4 is 34.3 Å². The Balaban J connectivity index is 1.78. The monoisotopic (exact) mass is 274 g/mol. The molecule has 2 heterocycles. The van der Waals surface area contributed by atoms with Crippen LogP contribution in [0.25, 0.3) is 0 Å². The van der Waals surface area contributed by atoms with Crippen molar-refractivity contribution in [2.45, 2.75) is 19.9 Å². The largest absolute Gasteiger partial charge is 0.397 e. The molecule has 3 rings (SSSR count). The maximum Gasteiger partial charge on any atom is 0.228 e. The topological polar surface area (TPSA) is 80.0 Å². The minimum Gasteiger partial charge on any atom is -0.397 e.